The molecule has 2 N–H and O–H groups in total. The number of carbonyl (C=O) groups is 2. The summed E-state index contributed by atoms with van der Waals surface area (Å²) in [6.45, 7) is 0. The quantitative estimate of drug-likeness (QED) is 0.818. The lowest BCUT2D eigenvalue weighted by atomic mass is 10.1. The molecule has 0 heterocycles. The Labute approximate surface area is 133 Å². The van der Waals surface area contributed by atoms with E-state index < -0.39 is 23.4 Å². The normalized spacial score (nSPS) is 10.1. The summed E-state index contributed by atoms with van der Waals surface area (Å²) in [7, 11) is 0. The summed E-state index contributed by atoms with van der Waals surface area (Å²) < 4.78 is 26.8. The number of hydrogen-bond donors (Lipinski definition) is 2. The Morgan fingerprint density at radius 2 is 1.68 bits per heavy atom. The number of carbonyl (C=O) groups excluding carboxylic acids is 2. The van der Waals surface area contributed by atoms with Crippen LogP contribution in [0.2, 0.25) is 0 Å². The van der Waals surface area contributed by atoms with Gasteiger partial charge in [-0.1, -0.05) is 28.1 Å². The summed E-state index contributed by atoms with van der Waals surface area (Å²) in [6.07, 6.45) is -0.0383. The number of hydrogen-bond acceptors (Lipinski definition) is 2. The first-order valence-corrected chi connectivity index (χ1v) is 7.03. The second kappa shape index (κ2) is 7.13. The fraction of sp³-hybridized carbons (Fsp3) is 0.0667. The SMILES string of the molecule is O=C(Cc1ccc(F)cc1)NNC(=O)c1ccc(Br)cc1F. The van der Waals surface area contributed by atoms with E-state index in [0.29, 0.717) is 10.0 Å². The average Bonchev–Trinajstić information content (AvgIpc) is 2.47. The van der Waals surface area contributed by atoms with Crippen molar-refractivity contribution in [3.8, 4) is 0 Å². The van der Waals surface area contributed by atoms with E-state index in [1.54, 1.807) is 0 Å². The molecule has 0 aliphatic rings. The fourth-order valence-corrected chi connectivity index (χ4v) is 2.03. The molecule has 0 atom stereocenters. The highest BCUT2D eigenvalue weighted by molar-refractivity contribution is 9.10. The molecule has 0 aliphatic heterocycles. The highest BCUT2D eigenvalue weighted by Crippen LogP contribution is 2.14. The zero-order chi connectivity index (χ0) is 16.1. The van der Waals surface area contributed by atoms with E-state index in [-0.39, 0.29) is 12.0 Å². The number of nitrogens with one attached hydrogen (secondary N) is 2. The third kappa shape index (κ3) is 4.36. The zero-order valence-corrected chi connectivity index (χ0v) is 12.8. The van der Waals surface area contributed by atoms with Crippen LogP contribution in [0.25, 0.3) is 0 Å². The van der Waals surface area contributed by atoms with Gasteiger partial charge in [0, 0.05) is 4.47 Å². The molecule has 2 rings (SSSR count). The summed E-state index contributed by atoms with van der Waals surface area (Å²) in [4.78, 5) is 23.4. The summed E-state index contributed by atoms with van der Waals surface area (Å²) in [6, 6.07) is 9.35. The highest BCUT2D eigenvalue weighted by Gasteiger charge is 2.12. The molecule has 0 bridgehead atoms. The molecule has 4 nitrogen and oxygen atoms in total. The number of halogens is 3. The van der Waals surface area contributed by atoms with Crippen LogP contribution in [0.4, 0.5) is 8.78 Å². The summed E-state index contributed by atoms with van der Waals surface area (Å²) in [5, 5.41) is 0. The minimum Gasteiger partial charge on any atom is -0.273 e. The van der Waals surface area contributed by atoms with Gasteiger partial charge < -0.3 is 0 Å². The van der Waals surface area contributed by atoms with Crippen LogP contribution < -0.4 is 10.9 Å². The predicted molar refractivity (Wildman–Crippen MR) is 79.8 cm³/mol. The Kier molecular flexibility index (Phi) is 5.21. The zero-order valence-electron chi connectivity index (χ0n) is 11.2. The maximum atomic E-state index is 13.6. The Bertz CT molecular complexity index is 705. The number of benzene rings is 2. The van der Waals surface area contributed by atoms with Crippen LogP contribution in [0.1, 0.15) is 15.9 Å². The molecule has 114 valence electrons. The average molecular weight is 369 g/mol. The highest BCUT2D eigenvalue weighted by atomic mass is 79.9. The van der Waals surface area contributed by atoms with Gasteiger partial charge in [-0.3, -0.25) is 20.4 Å². The standard InChI is InChI=1S/C15H11BrF2N2O2/c16-10-3-6-12(13(18)8-10)15(22)20-19-14(21)7-9-1-4-11(17)5-2-9/h1-6,8H,7H2,(H,19,21)(H,20,22). The smallest absolute Gasteiger partial charge is 0.272 e. The summed E-state index contributed by atoms with van der Waals surface area (Å²) >= 11 is 3.08. The maximum Gasteiger partial charge on any atom is 0.272 e. The molecule has 0 aliphatic carbocycles. The van der Waals surface area contributed by atoms with E-state index in [2.05, 4.69) is 26.8 Å². The van der Waals surface area contributed by atoms with Gasteiger partial charge in [-0.2, -0.15) is 0 Å². The monoisotopic (exact) mass is 368 g/mol. The van der Waals surface area contributed by atoms with Crippen LogP contribution in [0.5, 0.6) is 0 Å². The third-order valence-electron chi connectivity index (χ3n) is 2.77. The lowest BCUT2D eigenvalue weighted by Gasteiger charge is -2.08. The molecular weight excluding hydrogens is 358 g/mol. The molecule has 0 aromatic heterocycles. The predicted octanol–water partition coefficient (Wildman–Crippen LogP) is 2.73. The lowest BCUT2D eigenvalue weighted by molar-refractivity contribution is -0.121. The number of rotatable bonds is 3. The summed E-state index contributed by atoms with van der Waals surface area (Å²) in [5.41, 5.74) is 4.69. The van der Waals surface area contributed by atoms with Crippen LogP contribution >= 0.6 is 15.9 Å². The Morgan fingerprint density at radius 3 is 2.32 bits per heavy atom. The van der Waals surface area contributed by atoms with Gasteiger partial charge in [-0.05, 0) is 35.9 Å². The molecule has 22 heavy (non-hydrogen) atoms. The van der Waals surface area contributed by atoms with Crippen LogP contribution in [-0.4, -0.2) is 11.8 Å². The Morgan fingerprint density at radius 1 is 1.00 bits per heavy atom. The first kappa shape index (κ1) is 16.1. The largest absolute Gasteiger partial charge is 0.273 e. The van der Waals surface area contributed by atoms with Gasteiger partial charge in [0.1, 0.15) is 11.6 Å². The molecule has 0 saturated heterocycles. The van der Waals surface area contributed by atoms with Crippen LogP contribution in [0, 0.1) is 11.6 Å². The van der Waals surface area contributed by atoms with E-state index in [4.69, 9.17) is 0 Å². The molecule has 0 fully saturated rings. The Hall–Kier alpha value is -2.28. The van der Waals surface area contributed by atoms with Gasteiger partial charge in [0.2, 0.25) is 5.91 Å². The van der Waals surface area contributed by atoms with Gasteiger partial charge in [-0.25, -0.2) is 8.78 Å². The van der Waals surface area contributed by atoms with Crippen molar-refractivity contribution in [1.82, 2.24) is 10.9 Å². The van der Waals surface area contributed by atoms with E-state index >= 15 is 0 Å². The minimum atomic E-state index is -0.766. The van der Waals surface area contributed by atoms with Gasteiger partial charge in [0.25, 0.3) is 5.91 Å². The van der Waals surface area contributed by atoms with Crippen LogP contribution in [0.15, 0.2) is 46.9 Å². The minimum absolute atomic E-state index is 0.0383. The topological polar surface area (TPSA) is 58.2 Å². The second-order valence-electron chi connectivity index (χ2n) is 4.43. The Balaban J connectivity index is 1.90. The molecule has 2 amide bonds. The van der Waals surface area contributed by atoms with Crippen molar-refractivity contribution >= 4 is 27.7 Å². The van der Waals surface area contributed by atoms with Crippen molar-refractivity contribution in [2.24, 2.45) is 0 Å². The van der Waals surface area contributed by atoms with E-state index in [1.807, 2.05) is 0 Å². The molecule has 0 saturated carbocycles. The van der Waals surface area contributed by atoms with Crippen LogP contribution in [0.3, 0.4) is 0 Å². The third-order valence-corrected chi connectivity index (χ3v) is 3.26. The molecular formula is C15H11BrF2N2O2. The van der Waals surface area contributed by atoms with Crippen molar-refractivity contribution in [3.63, 3.8) is 0 Å². The van der Waals surface area contributed by atoms with Crippen molar-refractivity contribution in [3.05, 3.63) is 69.7 Å². The van der Waals surface area contributed by atoms with Gasteiger partial charge in [0.15, 0.2) is 0 Å². The number of amides is 2. The lowest BCUT2D eigenvalue weighted by Crippen LogP contribution is -2.42. The van der Waals surface area contributed by atoms with Crippen molar-refractivity contribution in [2.75, 3.05) is 0 Å². The second-order valence-corrected chi connectivity index (χ2v) is 5.35. The molecule has 2 aromatic rings. The number of hydrazine groups is 1. The molecule has 0 radical (unpaired) electrons. The molecule has 0 spiro atoms. The van der Waals surface area contributed by atoms with Gasteiger partial charge >= 0.3 is 0 Å². The van der Waals surface area contributed by atoms with Crippen molar-refractivity contribution in [1.29, 1.82) is 0 Å². The van der Waals surface area contributed by atoms with Crippen molar-refractivity contribution in [2.45, 2.75) is 6.42 Å². The first-order chi connectivity index (χ1) is 10.5. The molecule has 0 unspecified atom stereocenters. The van der Waals surface area contributed by atoms with E-state index in [0.717, 1.165) is 6.07 Å². The van der Waals surface area contributed by atoms with E-state index in [1.165, 1.54) is 36.4 Å². The molecule has 7 heteroatoms. The van der Waals surface area contributed by atoms with E-state index in [9.17, 15) is 18.4 Å². The van der Waals surface area contributed by atoms with Crippen molar-refractivity contribution < 1.29 is 18.4 Å². The molecule has 2 aromatic carbocycles. The first-order valence-electron chi connectivity index (χ1n) is 6.24. The summed E-state index contributed by atoms with van der Waals surface area (Å²) in [5.74, 6) is -2.38. The fourth-order valence-electron chi connectivity index (χ4n) is 1.70. The maximum absolute atomic E-state index is 13.6. The van der Waals surface area contributed by atoms with Gasteiger partial charge in [0.05, 0.1) is 12.0 Å². The van der Waals surface area contributed by atoms with Crippen LogP contribution in [-0.2, 0) is 11.2 Å². The van der Waals surface area contributed by atoms with Gasteiger partial charge in [-0.15, -0.1) is 0 Å².